The minimum atomic E-state index is -0.924. The van der Waals surface area contributed by atoms with Crippen molar-refractivity contribution in [3.63, 3.8) is 0 Å². The van der Waals surface area contributed by atoms with E-state index in [1.165, 1.54) is 12.1 Å². The van der Waals surface area contributed by atoms with Gasteiger partial charge in [-0.05, 0) is 38.0 Å². The Morgan fingerprint density at radius 1 is 1.43 bits per heavy atom. The largest absolute Gasteiger partial charge is 0.481 e. The van der Waals surface area contributed by atoms with Crippen molar-refractivity contribution in [3.05, 3.63) is 29.6 Å². The highest BCUT2D eigenvalue weighted by Gasteiger charge is 2.43. The number of benzene rings is 1. The number of carboxylic acid groups (broad SMARTS) is 1. The standard InChI is InChI=1S/C15H19FN2O3/c1-15(14(20)21)7-3-2-4-12(15)18-11-6-5-9(13(17)19)8-10(11)16/h5-6,8,12,18H,2-4,7H2,1H3,(H2,17,19)(H,20,21). The molecule has 1 aliphatic rings. The van der Waals surface area contributed by atoms with Crippen LogP contribution in [0.25, 0.3) is 0 Å². The van der Waals surface area contributed by atoms with Crippen LogP contribution in [0.2, 0.25) is 0 Å². The number of carboxylic acids is 1. The number of carbonyl (C=O) groups excluding carboxylic acids is 1. The smallest absolute Gasteiger partial charge is 0.311 e. The Bertz CT molecular complexity index is 576. The van der Waals surface area contributed by atoms with Gasteiger partial charge in [-0.2, -0.15) is 0 Å². The number of nitrogens with one attached hydrogen (secondary N) is 1. The molecule has 2 rings (SSSR count). The molecule has 2 atom stereocenters. The fourth-order valence-electron chi connectivity index (χ4n) is 2.79. The first kappa shape index (κ1) is 15.3. The zero-order chi connectivity index (χ0) is 15.6. The van der Waals surface area contributed by atoms with Gasteiger partial charge in [-0.1, -0.05) is 12.8 Å². The van der Waals surface area contributed by atoms with E-state index >= 15 is 0 Å². The van der Waals surface area contributed by atoms with Crippen LogP contribution < -0.4 is 11.1 Å². The molecule has 0 heterocycles. The SMILES string of the molecule is CC1(C(=O)O)CCCCC1Nc1ccc(C(N)=O)cc1F. The quantitative estimate of drug-likeness (QED) is 0.795. The molecular formula is C15H19FN2O3. The van der Waals surface area contributed by atoms with Gasteiger partial charge in [-0.3, -0.25) is 9.59 Å². The van der Waals surface area contributed by atoms with E-state index in [-0.39, 0.29) is 17.3 Å². The van der Waals surface area contributed by atoms with E-state index in [1.54, 1.807) is 6.92 Å². The first-order valence-corrected chi connectivity index (χ1v) is 6.94. The van der Waals surface area contributed by atoms with Crippen molar-refractivity contribution >= 4 is 17.6 Å². The number of hydrogen-bond donors (Lipinski definition) is 3. The molecule has 5 nitrogen and oxygen atoms in total. The number of nitrogens with two attached hydrogens (primary N) is 1. The lowest BCUT2D eigenvalue weighted by molar-refractivity contribution is -0.150. The average molecular weight is 294 g/mol. The number of rotatable bonds is 4. The van der Waals surface area contributed by atoms with Crippen molar-refractivity contribution < 1.29 is 19.1 Å². The zero-order valence-electron chi connectivity index (χ0n) is 11.9. The normalized spacial score (nSPS) is 25.3. The van der Waals surface area contributed by atoms with Crippen LogP contribution in [0, 0.1) is 11.2 Å². The summed E-state index contributed by atoms with van der Waals surface area (Å²) in [6.45, 7) is 1.68. The molecular weight excluding hydrogens is 275 g/mol. The topological polar surface area (TPSA) is 92.4 Å². The van der Waals surface area contributed by atoms with E-state index in [2.05, 4.69) is 5.32 Å². The molecule has 0 aliphatic heterocycles. The summed E-state index contributed by atoms with van der Waals surface area (Å²) in [4.78, 5) is 22.5. The fraction of sp³-hybridized carbons (Fsp3) is 0.467. The van der Waals surface area contributed by atoms with Gasteiger partial charge in [0.25, 0.3) is 0 Å². The van der Waals surface area contributed by atoms with Gasteiger partial charge in [-0.25, -0.2) is 4.39 Å². The third-order valence-corrected chi connectivity index (χ3v) is 4.28. The van der Waals surface area contributed by atoms with Crippen LogP contribution in [-0.4, -0.2) is 23.0 Å². The van der Waals surface area contributed by atoms with Crippen molar-refractivity contribution in [2.75, 3.05) is 5.32 Å². The van der Waals surface area contributed by atoms with Crippen LogP contribution in [0.3, 0.4) is 0 Å². The van der Waals surface area contributed by atoms with Gasteiger partial charge in [0, 0.05) is 11.6 Å². The minimum absolute atomic E-state index is 0.0858. The Balaban J connectivity index is 2.24. The molecule has 0 radical (unpaired) electrons. The number of anilines is 1. The molecule has 4 N–H and O–H groups in total. The highest BCUT2D eigenvalue weighted by molar-refractivity contribution is 5.93. The van der Waals surface area contributed by atoms with Gasteiger partial charge in [0.2, 0.25) is 5.91 Å². The summed E-state index contributed by atoms with van der Waals surface area (Å²) in [6.07, 6.45) is 2.98. The molecule has 0 bridgehead atoms. The molecule has 0 saturated heterocycles. The van der Waals surface area contributed by atoms with E-state index in [4.69, 9.17) is 5.73 Å². The second-order valence-corrected chi connectivity index (χ2v) is 5.72. The van der Waals surface area contributed by atoms with Gasteiger partial charge in [-0.15, -0.1) is 0 Å². The van der Waals surface area contributed by atoms with Gasteiger partial charge in [0.15, 0.2) is 0 Å². The van der Waals surface area contributed by atoms with Crippen LogP contribution in [-0.2, 0) is 4.79 Å². The number of primary amides is 1. The Kier molecular flexibility index (Phi) is 4.16. The lowest BCUT2D eigenvalue weighted by atomic mass is 9.71. The molecule has 1 amide bonds. The Labute approximate surface area is 122 Å². The molecule has 1 saturated carbocycles. The van der Waals surface area contributed by atoms with Gasteiger partial charge < -0.3 is 16.2 Å². The molecule has 1 aromatic carbocycles. The summed E-state index contributed by atoms with van der Waals surface area (Å²) in [5, 5.41) is 12.4. The molecule has 0 spiro atoms. The summed E-state index contributed by atoms with van der Waals surface area (Å²) in [7, 11) is 0. The second kappa shape index (κ2) is 5.71. The molecule has 1 aliphatic carbocycles. The predicted octanol–water partition coefficient (Wildman–Crippen LogP) is 2.37. The molecule has 0 aromatic heterocycles. The van der Waals surface area contributed by atoms with Crippen LogP contribution in [0.1, 0.15) is 43.0 Å². The number of hydrogen-bond acceptors (Lipinski definition) is 3. The van der Waals surface area contributed by atoms with Crippen molar-refractivity contribution in [2.24, 2.45) is 11.1 Å². The van der Waals surface area contributed by atoms with Crippen LogP contribution in [0.4, 0.5) is 10.1 Å². The van der Waals surface area contributed by atoms with E-state index < -0.39 is 23.1 Å². The van der Waals surface area contributed by atoms with Crippen molar-refractivity contribution in [1.82, 2.24) is 0 Å². The maximum absolute atomic E-state index is 14.0. The summed E-state index contributed by atoms with van der Waals surface area (Å²) in [5.41, 5.74) is 4.45. The van der Waals surface area contributed by atoms with Gasteiger partial charge in [0.1, 0.15) is 5.82 Å². The summed E-state index contributed by atoms with van der Waals surface area (Å²) < 4.78 is 14.0. The summed E-state index contributed by atoms with van der Waals surface area (Å²) in [5.74, 6) is -2.19. The van der Waals surface area contributed by atoms with Crippen LogP contribution >= 0.6 is 0 Å². The second-order valence-electron chi connectivity index (χ2n) is 5.72. The zero-order valence-corrected chi connectivity index (χ0v) is 11.9. The third kappa shape index (κ3) is 2.99. The monoisotopic (exact) mass is 294 g/mol. The molecule has 1 fully saturated rings. The lowest BCUT2D eigenvalue weighted by Gasteiger charge is -2.39. The summed E-state index contributed by atoms with van der Waals surface area (Å²) in [6, 6.07) is 3.56. The summed E-state index contributed by atoms with van der Waals surface area (Å²) >= 11 is 0. The van der Waals surface area contributed by atoms with Crippen molar-refractivity contribution in [1.29, 1.82) is 0 Å². The third-order valence-electron chi connectivity index (χ3n) is 4.28. The van der Waals surface area contributed by atoms with Crippen molar-refractivity contribution in [2.45, 2.75) is 38.6 Å². The highest BCUT2D eigenvalue weighted by Crippen LogP contribution is 2.38. The van der Waals surface area contributed by atoms with Crippen LogP contribution in [0.15, 0.2) is 18.2 Å². The molecule has 1 aromatic rings. The minimum Gasteiger partial charge on any atom is -0.481 e. The molecule has 6 heteroatoms. The lowest BCUT2D eigenvalue weighted by Crippen LogP contribution is -2.46. The van der Waals surface area contributed by atoms with Gasteiger partial charge >= 0.3 is 5.97 Å². The van der Waals surface area contributed by atoms with Crippen molar-refractivity contribution in [3.8, 4) is 0 Å². The van der Waals surface area contributed by atoms with Gasteiger partial charge in [0.05, 0.1) is 11.1 Å². The van der Waals surface area contributed by atoms with E-state index in [0.29, 0.717) is 12.8 Å². The highest BCUT2D eigenvalue weighted by atomic mass is 19.1. The Morgan fingerprint density at radius 2 is 2.14 bits per heavy atom. The Hall–Kier alpha value is -2.11. The van der Waals surface area contributed by atoms with E-state index in [9.17, 15) is 19.1 Å². The number of aliphatic carboxylic acids is 1. The molecule has 2 unspecified atom stereocenters. The van der Waals surface area contributed by atoms with E-state index in [0.717, 1.165) is 18.9 Å². The number of carbonyl (C=O) groups is 2. The first-order valence-electron chi connectivity index (χ1n) is 6.94. The maximum atomic E-state index is 14.0. The first-order chi connectivity index (χ1) is 9.84. The maximum Gasteiger partial charge on any atom is 0.311 e. The predicted molar refractivity (Wildman–Crippen MR) is 76.5 cm³/mol. The molecule has 114 valence electrons. The number of amides is 1. The fourth-order valence-corrected chi connectivity index (χ4v) is 2.79. The van der Waals surface area contributed by atoms with E-state index in [1.807, 2.05) is 0 Å². The average Bonchev–Trinajstić information content (AvgIpc) is 2.43. The van der Waals surface area contributed by atoms with Crippen LogP contribution in [0.5, 0.6) is 0 Å². The Morgan fingerprint density at radius 3 is 2.71 bits per heavy atom. The number of halogens is 1. The molecule has 21 heavy (non-hydrogen) atoms.